The highest BCUT2D eigenvalue weighted by molar-refractivity contribution is 5.94. The Morgan fingerprint density at radius 1 is 0.971 bits per heavy atom. The molecule has 180 valence electrons. The van der Waals surface area contributed by atoms with E-state index < -0.39 is 0 Å². The molecule has 2 fully saturated rings. The van der Waals surface area contributed by atoms with Gasteiger partial charge < -0.3 is 15.1 Å². The van der Waals surface area contributed by atoms with Gasteiger partial charge in [0, 0.05) is 44.8 Å². The largest absolute Gasteiger partial charge is 0.340 e. The number of para-hydroxylation sites is 1. The third-order valence-electron chi connectivity index (χ3n) is 7.05. The molecule has 0 saturated carbocycles. The van der Waals surface area contributed by atoms with E-state index in [-0.39, 0.29) is 36.1 Å². The summed E-state index contributed by atoms with van der Waals surface area (Å²) in [6.45, 7) is 9.22. The standard InChI is InChI=1S/C27H34N4O3/c1-19-8-7-9-20(2)26(19)28-24(32)18-29-12-14-30(15-13-29)27(34)23-16-25(33)31(17-23)21(3)22-10-5-4-6-11-22/h4-11,21,23H,12-18H2,1-3H3,(H,28,32)/t21-,23+/m0/s1. The van der Waals surface area contributed by atoms with Crippen molar-refractivity contribution in [3.63, 3.8) is 0 Å². The lowest BCUT2D eigenvalue weighted by Crippen LogP contribution is -2.52. The van der Waals surface area contributed by atoms with Crippen LogP contribution in [0.1, 0.15) is 36.1 Å². The van der Waals surface area contributed by atoms with Crippen molar-refractivity contribution in [3.05, 3.63) is 65.2 Å². The number of amides is 3. The number of piperazine rings is 1. The second-order valence-corrected chi connectivity index (χ2v) is 9.45. The first kappa shape index (κ1) is 24.0. The molecule has 2 aliphatic rings. The van der Waals surface area contributed by atoms with Crippen LogP contribution in [0, 0.1) is 19.8 Å². The highest BCUT2D eigenvalue weighted by atomic mass is 16.2. The molecule has 2 atom stereocenters. The maximum Gasteiger partial charge on any atom is 0.238 e. The molecular formula is C27H34N4O3. The van der Waals surface area contributed by atoms with Crippen molar-refractivity contribution in [2.24, 2.45) is 5.92 Å². The van der Waals surface area contributed by atoms with E-state index in [1.54, 1.807) is 0 Å². The SMILES string of the molecule is Cc1cccc(C)c1NC(=O)CN1CCN(C(=O)[C@@H]2CC(=O)N([C@@H](C)c3ccccc3)C2)CC1. The zero-order valence-electron chi connectivity index (χ0n) is 20.3. The highest BCUT2D eigenvalue weighted by Gasteiger charge is 2.39. The van der Waals surface area contributed by atoms with Crippen LogP contribution >= 0.6 is 0 Å². The van der Waals surface area contributed by atoms with Crippen molar-refractivity contribution in [1.29, 1.82) is 0 Å². The average Bonchev–Trinajstić information content (AvgIpc) is 3.23. The number of hydrogen-bond donors (Lipinski definition) is 1. The molecule has 0 aliphatic carbocycles. The zero-order chi connectivity index (χ0) is 24.2. The molecule has 2 aromatic carbocycles. The maximum atomic E-state index is 13.1. The normalized spacial score (nSPS) is 19.9. The molecular weight excluding hydrogens is 428 g/mol. The second kappa shape index (κ2) is 10.4. The summed E-state index contributed by atoms with van der Waals surface area (Å²) in [4.78, 5) is 44.2. The Morgan fingerprint density at radius 2 is 1.62 bits per heavy atom. The van der Waals surface area contributed by atoms with Gasteiger partial charge in [-0.25, -0.2) is 0 Å². The van der Waals surface area contributed by atoms with Gasteiger partial charge in [0.2, 0.25) is 17.7 Å². The van der Waals surface area contributed by atoms with Crippen LogP contribution in [0.3, 0.4) is 0 Å². The second-order valence-electron chi connectivity index (χ2n) is 9.45. The molecule has 2 aromatic rings. The molecule has 2 heterocycles. The summed E-state index contributed by atoms with van der Waals surface area (Å²) in [5.41, 5.74) is 4.05. The lowest BCUT2D eigenvalue weighted by atomic mass is 10.1. The summed E-state index contributed by atoms with van der Waals surface area (Å²) in [5, 5.41) is 3.03. The molecule has 3 amide bonds. The first-order chi connectivity index (χ1) is 16.3. The van der Waals surface area contributed by atoms with Gasteiger partial charge in [0.1, 0.15) is 0 Å². The fourth-order valence-corrected chi connectivity index (χ4v) is 4.96. The lowest BCUT2D eigenvalue weighted by Gasteiger charge is -2.35. The minimum Gasteiger partial charge on any atom is -0.340 e. The number of likely N-dealkylation sites (tertiary alicyclic amines) is 1. The van der Waals surface area contributed by atoms with Gasteiger partial charge in [-0.2, -0.15) is 0 Å². The molecule has 34 heavy (non-hydrogen) atoms. The molecule has 0 aromatic heterocycles. The van der Waals surface area contributed by atoms with Crippen LogP contribution in [0.15, 0.2) is 48.5 Å². The number of carbonyl (C=O) groups excluding carboxylic acids is 3. The molecule has 0 spiro atoms. The van der Waals surface area contributed by atoms with Gasteiger partial charge in [-0.1, -0.05) is 48.5 Å². The minimum absolute atomic E-state index is 0.0379. The number of anilines is 1. The van der Waals surface area contributed by atoms with Crippen molar-refractivity contribution in [1.82, 2.24) is 14.7 Å². The Balaban J connectivity index is 1.27. The van der Waals surface area contributed by atoms with Crippen LogP contribution < -0.4 is 5.32 Å². The van der Waals surface area contributed by atoms with Gasteiger partial charge in [-0.05, 0) is 37.5 Å². The Morgan fingerprint density at radius 3 is 2.26 bits per heavy atom. The minimum atomic E-state index is -0.294. The van der Waals surface area contributed by atoms with Crippen LogP contribution in [0.4, 0.5) is 5.69 Å². The summed E-state index contributed by atoms with van der Waals surface area (Å²) in [5.74, 6) is -0.242. The Kier molecular flexibility index (Phi) is 7.32. The predicted octanol–water partition coefficient (Wildman–Crippen LogP) is 3.00. The van der Waals surface area contributed by atoms with E-state index in [1.165, 1.54) is 0 Å². The van der Waals surface area contributed by atoms with Crippen molar-refractivity contribution in [2.45, 2.75) is 33.2 Å². The van der Waals surface area contributed by atoms with Crippen molar-refractivity contribution in [3.8, 4) is 0 Å². The first-order valence-corrected chi connectivity index (χ1v) is 12.0. The van der Waals surface area contributed by atoms with Gasteiger partial charge >= 0.3 is 0 Å². The summed E-state index contributed by atoms with van der Waals surface area (Å²) < 4.78 is 0. The van der Waals surface area contributed by atoms with E-state index in [0.717, 1.165) is 22.4 Å². The summed E-state index contributed by atoms with van der Waals surface area (Å²) in [6.07, 6.45) is 0.272. The van der Waals surface area contributed by atoms with E-state index in [1.807, 2.05) is 79.1 Å². The molecule has 7 nitrogen and oxygen atoms in total. The van der Waals surface area contributed by atoms with E-state index in [9.17, 15) is 14.4 Å². The zero-order valence-corrected chi connectivity index (χ0v) is 20.3. The number of benzene rings is 2. The van der Waals surface area contributed by atoms with Crippen molar-refractivity contribution >= 4 is 23.4 Å². The Labute approximate surface area is 201 Å². The number of nitrogens with zero attached hydrogens (tertiary/aromatic N) is 3. The molecule has 2 aliphatic heterocycles. The van der Waals surface area contributed by atoms with Crippen molar-refractivity contribution < 1.29 is 14.4 Å². The predicted molar refractivity (Wildman–Crippen MR) is 132 cm³/mol. The third kappa shape index (κ3) is 5.30. The van der Waals surface area contributed by atoms with Crippen LogP contribution in [0.25, 0.3) is 0 Å². The van der Waals surface area contributed by atoms with Gasteiger partial charge in [-0.15, -0.1) is 0 Å². The van der Waals surface area contributed by atoms with Gasteiger partial charge in [0.25, 0.3) is 0 Å². The van der Waals surface area contributed by atoms with Crippen molar-refractivity contribution in [2.75, 3.05) is 44.6 Å². The number of hydrogen-bond acceptors (Lipinski definition) is 4. The summed E-state index contributed by atoms with van der Waals surface area (Å²) in [7, 11) is 0. The van der Waals surface area contributed by atoms with Gasteiger partial charge in [0.05, 0.1) is 18.5 Å². The molecule has 7 heteroatoms. The maximum absolute atomic E-state index is 13.1. The third-order valence-corrected chi connectivity index (χ3v) is 7.05. The molecule has 1 N–H and O–H groups in total. The molecule has 0 unspecified atom stereocenters. The highest BCUT2D eigenvalue weighted by Crippen LogP contribution is 2.29. The molecule has 4 rings (SSSR count). The smallest absolute Gasteiger partial charge is 0.238 e. The van der Waals surface area contributed by atoms with Crippen LogP contribution in [-0.2, 0) is 14.4 Å². The Hall–Kier alpha value is -3.19. The summed E-state index contributed by atoms with van der Waals surface area (Å²) >= 11 is 0. The van der Waals surface area contributed by atoms with E-state index in [0.29, 0.717) is 39.3 Å². The van der Waals surface area contributed by atoms with E-state index in [4.69, 9.17) is 0 Å². The number of nitrogens with one attached hydrogen (secondary N) is 1. The fraction of sp³-hybridized carbons (Fsp3) is 0.444. The van der Waals surface area contributed by atoms with Crippen LogP contribution in [0.5, 0.6) is 0 Å². The molecule has 0 bridgehead atoms. The monoisotopic (exact) mass is 462 g/mol. The number of carbonyl (C=O) groups is 3. The van der Waals surface area contributed by atoms with E-state index in [2.05, 4.69) is 10.2 Å². The quantitative estimate of drug-likeness (QED) is 0.716. The fourth-order valence-electron chi connectivity index (χ4n) is 4.96. The number of aryl methyl sites for hydroxylation is 2. The first-order valence-electron chi connectivity index (χ1n) is 12.0. The molecule has 0 radical (unpaired) electrons. The summed E-state index contributed by atoms with van der Waals surface area (Å²) in [6, 6.07) is 15.8. The lowest BCUT2D eigenvalue weighted by molar-refractivity contribution is -0.137. The number of rotatable bonds is 6. The van der Waals surface area contributed by atoms with Crippen LogP contribution in [0.2, 0.25) is 0 Å². The van der Waals surface area contributed by atoms with Crippen LogP contribution in [-0.4, -0.2) is 71.7 Å². The average molecular weight is 463 g/mol. The Bertz CT molecular complexity index is 1030. The van der Waals surface area contributed by atoms with E-state index >= 15 is 0 Å². The molecule has 2 saturated heterocycles. The van der Waals surface area contributed by atoms with Gasteiger partial charge in [0.15, 0.2) is 0 Å². The van der Waals surface area contributed by atoms with Gasteiger partial charge in [-0.3, -0.25) is 19.3 Å². The topological polar surface area (TPSA) is 73.0 Å².